The van der Waals surface area contributed by atoms with Crippen LogP contribution in [0.4, 0.5) is 0 Å². The van der Waals surface area contributed by atoms with Gasteiger partial charge in [0.1, 0.15) is 0 Å². The van der Waals surface area contributed by atoms with Crippen LogP contribution >= 0.6 is 22.9 Å². The van der Waals surface area contributed by atoms with Crippen LogP contribution in [0, 0.1) is 0 Å². The van der Waals surface area contributed by atoms with Gasteiger partial charge in [-0.25, -0.2) is 0 Å². The van der Waals surface area contributed by atoms with Crippen molar-refractivity contribution in [2.24, 2.45) is 0 Å². The molecule has 0 aromatic rings. The minimum Gasteiger partial charge on any atom is -0.337 e. The van der Waals surface area contributed by atoms with Crippen LogP contribution in [0.2, 0.25) is 0 Å². The van der Waals surface area contributed by atoms with E-state index in [1.165, 1.54) is 12.2 Å². The Hall–Kier alpha value is 0.660. The summed E-state index contributed by atoms with van der Waals surface area (Å²) in [4.78, 5) is 0. The standard InChI is InChI=1S/C7H16OS2/c1-7(9)6-10(2)5-3-4-8-10/h7,9H,3-6H2,1-2H3. The summed E-state index contributed by atoms with van der Waals surface area (Å²) < 4.78 is 5.69. The van der Waals surface area contributed by atoms with Gasteiger partial charge in [0.25, 0.3) is 0 Å². The van der Waals surface area contributed by atoms with Crippen LogP contribution < -0.4 is 0 Å². The van der Waals surface area contributed by atoms with Crippen molar-refractivity contribution in [1.29, 1.82) is 0 Å². The molecule has 0 N–H and O–H groups in total. The van der Waals surface area contributed by atoms with Gasteiger partial charge in [-0.15, -0.1) is 10.3 Å². The predicted octanol–water partition coefficient (Wildman–Crippen LogP) is 2.07. The van der Waals surface area contributed by atoms with E-state index in [2.05, 4.69) is 25.8 Å². The van der Waals surface area contributed by atoms with E-state index in [9.17, 15) is 0 Å². The van der Waals surface area contributed by atoms with Crippen LogP contribution in [-0.4, -0.2) is 29.6 Å². The molecule has 1 nitrogen and oxygen atoms in total. The Morgan fingerprint density at radius 3 is 2.80 bits per heavy atom. The molecule has 62 valence electrons. The number of thiol groups is 1. The molecule has 2 atom stereocenters. The molecule has 2 unspecified atom stereocenters. The lowest BCUT2D eigenvalue weighted by Gasteiger charge is -2.30. The van der Waals surface area contributed by atoms with Crippen molar-refractivity contribution in [3.8, 4) is 0 Å². The van der Waals surface area contributed by atoms with Crippen LogP contribution in [0.15, 0.2) is 0 Å². The molecule has 1 rings (SSSR count). The van der Waals surface area contributed by atoms with Crippen LogP contribution in [0.5, 0.6) is 0 Å². The van der Waals surface area contributed by atoms with E-state index < -0.39 is 10.3 Å². The van der Waals surface area contributed by atoms with Gasteiger partial charge < -0.3 is 4.18 Å². The van der Waals surface area contributed by atoms with Gasteiger partial charge in [0.2, 0.25) is 0 Å². The Labute approximate surface area is 70.5 Å². The maximum absolute atomic E-state index is 5.69. The molecule has 0 radical (unpaired) electrons. The highest BCUT2D eigenvalue weighted by Gasteiger charge is 2.25. The highest BCUT2D eigenvalue weighted by molar-refractivity contribution is 8.29. The third-order valence-electron chi connectivity index (χ3n) is 1.68. The zero-order valence-corrected chi connectivity index (χ0v) is 8.38. The Morgan fingerprint density at radius 2 is 2.40 bits per heavy atom. The number of rotatable bonds is 2. The van der Waals surface area contributed by atoms with Crippen molar-refractivity contribution in [2.45, 2.75) is 18.6 Å². The average Bonchev–Trinajstić information content (AvgIpc) is 2.12. The van der Waals surface area contributed by atoms with E-state index in [-0.39, 0.29) is 0 Å². The van der Waals surface area contributed by atoms with Gasteiger partial charge >= 0.3 is 0 Å². The zero-order chi connectivity index (χ0) is 7.61. The van der Waals surface area contributed by atoms with E-state index in [0.29, 0.717) is 5.25 Å². The first kappa shape index (κ1) is 8.75. The lowest BCUT2D eigenvalue weighted by atomic mass is 10.5. The number of hydrogen-bond donors (Lipinski definition) is 1. The molecular weight excluding hydrogens is 164 g/mol. The van der Waals surface area contributed by atoms with Gasteiger partial charge in [0.15, 0.2) is 0 Å². The van der Waals surface area contributed by atoms with Crippen molar-refractivity contribution in [2.75, 3.05) is 24.4 Å². The highest BCUT2D eigenvalue weighted by Crippen LogP contribution is 2.50. The maximum Gasteiger partial charge on any atom is 0.0600 e. The normalized spacial score (nSPS) is 42.7. The van der Waals surface area contributed by atoms with E-state index in [1.807, 2.05) is 0 Å². The maximum atomic E-state index is 5.69. The highest BCUT2D eigenvalue weighted by atomic mass is 32.3. The second-order valence-electron chi connectivity index (χ2n) is 3.08. The summed E-state index contributed by atoms with van der Waals surface area (Å²) in [5.74, 6) is 2.45. The van der Waals surface area contributed by atoms with Crippen molar-refractivity contribution in [3.63, 3.8) is 0 Å². The quantitative estimate of drug-likeness (QED) is 0.640. The summed E-state index contributed by atoms with van der Waals surface area (Å²) in [7, 11) is -0.679. The fraction of sp³-hybridized carbons (Fsp3) is 1.00. The monoisotopic (exact) mass is 180 g/mol. The second-order valence-corrected chi connectivity index (χ2v) is 7.31. The van der Waals surface area contributed by atoms with Crippen LogP contribution in [0.3, 0.4) is 0 Å². The summed E-state index contributed by atoms with van der Waals surface area (Å²) in [6, 6.07) is 0. The molecule has 0 spiro atoms. The molecule has 1 aliphatic heterocycles. The van der Waals surface area contributed by atoms with Crippen molar-refractivity contribution >= 4 is 22.9 Å². The van der Waals surface area contributed by atoms with Crippen molar-refractivity contribution in [3.05, 3.63) is 0 Å². The van der Waals surface area contributed by atoms with E-state index in [0.717, 1.165) is 12.4 Å². The molecule has 0 amide bonds. The summed E-state index contributed by atoms with van der Waals surface area (Å²) in [5.41, 5.74) is 0. The second kappa shape index (κ2) is 3.37. The van der Waals surface area contributed by atoms with Crippen molar-refractivity contribution < 1.29 is 4.18 Å². The largest absolute Gasteiger partial charge is 0.337 e. The first-order valence-corrected chi connectivity index (χ1v) is 6.51. The van der Waals surface area contributed by atoms with Gasteiger partial charge in [0, 0.05) is 16.8 Å². The van der Waals surface area contributed by atoms with Crippen LogP contribution in [0.1, 0.15) is 13.3 Å². The molecule has 0 bridgehead atoms. The SMILES string of the molecule is CC(S)CS1(C)CCCO1. The van der Waals surface area contributed by atoms with E-state index in [1.54, 1.807) is 0 Å². The van der Waals surface area contributed by atoms with E-state index in [4.69, 9.17) is 4.18 Å². The lowest BCUT2D eigenvalue weighted by Crippen LogP contribution is -2.10. The smallest absolute Gasteiger partial charge is 0.0600 e. The number of hydrogen-bond acceptors (Lipinski definition) is 2. The minimum absolute atomic E-state index is 0.498. The zero-order valence-electron chi connectivity index (χ0n) is 6.67. The van der Waals surface area contributed by atoms with Gasteiger partial charge in [-0.3, -0.25) is 0 Å². The van der Waals surface area contributed by atoms with Gasteiger partial charge in [-0.05, 0) is 12.7 Å². The molecule has 0 aromatic heterocycles. The Kier molecular flexibility index (Phi) is 2.95. The molecule has 10 heavy (non-hydrogen) atoms. The molecule has 0 aromatic carbocycles. The molecule has 1 heterocycles. The minimum atomic E-state index is -0.679. The molecule has 3 heteroatoms. The third kappa shape index (κ3) is 2.36. The molecule has 1 fully saturated rings. The average molecular weight is 180 g/mol. The third-order valence-corrected chi connectivity index (χ3v) is 5.20. The summed E-state index contributed by atoms with van der Waals surface area (Å²) in [6.07, 6.45) is 3.53. The van der Waals surface area contributed by atoms with Crippen LogP contribution in [-0.2, 0) is 4.18 Å². The summed E-state index contributed by atoms with van der Waals surface area (Å²) >= 11 is 4.37. The van der Waals surface area contributed by atoms with Crippen molar-refractivity contribution in [1.82, 2.24) is 0 Å². The van der Waals surface area contributed by atoms with Gasteiger partial charge in [-0.1, -0.05) is 6.92 Å². The first-order chi connectivity index (χ1) is 4.62. The fourth-order valence-electron chi connectivity index (χ4n) is 1.32. The van der Waals surface area contributed by atoms with Crippen LogP contribution in [0.25, 0.3) is 0 Å². The summed E-state index contributed by atoms with van der Waals surface area (Å²) in [6.45, 7) is 3.12. The Balaban J connectivity index is 2.36. The Morgan fingerprint density at radius 1 is 1.70 bits per heavy atom. The molecule has 1 aliphatic rings. The lowest BCUT2D eigenvalue weighted by molar-refractivity contribution is 0.391. The fourth-order valence-corrected chi connectivity index (χ4v) is 4.92. The predicted molar refractivity (Wildman–Crippen MR) is 52.3 cm³/mol. The molecule has 0 aliphatic carbocycles. The summed E-state index contributed by atoms with van der Waals surface area (Å²) in [5, 5.41) is 0.498. The van der Waals surface area contributed by atoms with Gasteiger partial charge in [0.05, 0.1) is 6.61 Å². The van der Waals surface area contributed by atoms with Gasteiger partial charge in [-0.2, -0.15) is 12.6 Å². The Bertz CT molecular complexity index is 108. The topological polar surface area (TPSA) is 9.23 Å². The molecule has 1 saturated heterocycles. The first-order valence-electron chi connectivity index (χ1n) is 3.68. The van der Waals surface area contributed by atoms with E-state index >= 15 is 0 Å². The molecular formula is C7H16OS2. The molecule has 0 saturated carbocycles.